The van der Waals surface area contributed by atoms with Crippen LogP contribution in [0.1, 0.15) is 11.1 Å². The van der Waals surface area contributed by atoms with Crippen LogP contribution in [0.4, 0.5) is 5.69 Å². The molecular weight excluding hydrogens is 406 g/mol. The van der Waals surface area contributed by atoms with Crippen LogP contribution in [0.3, 0.4) is 0 Å². The fourth-order valence-electron chi connectivity index (χ4n) is 3.01. The zero-order valence-electron chi connectivity index (χ0n) is 15.5. The van der Waals surface area contributed by atoms with Crippen LogP contribution in [-0.4, -0.2) is 30.7 Å². The van der Waals surface area contributed by atoms with Crippen LogP contribution < -0.4 is 5.32 Å². The Labute approximate surface area is 172 Å². The molecule has 1 aliphatic rings. The molecule has 0 radical (unpaired) electrons. The summed E-state index contributed by atoms with van der Waals surface area (Å²) in [4.78, 5) is 21.3. The summed E-state index contributed by atoms with van der Waals surface area (Å²) in [6.07, 6.45) is 4.71. The van der Waals surface area contributed by atoms with E-state index in [1.54, 1.807) is 36.5 Å². The van der Waals surface area contributed by atoms with E-state index in [2.05, 4.69) is 15.3 Å². The summed E-state index contributed by atoms with van der Waals surface area (Å²) in [5, 5.41) is 4.54. The van der Waals surface area contributed by atoms with E-state index in [0.29, 0.717) is 21.3 Å². The number of aromatic nitrogens is 1. The average Bonchev–Trinajstić information content (AvgIpc) is 3.00. The van der Waals surface area contributed by atoms with Crippen molar-refractivity contribution < 1.29 is 13.2 Å². The summed E-state index contributed by atoms with van der Waals surface area (Å²) in [7, 11) is -3.12. The SMILES string of the molecule is CS(=O)(=O)Cc1cccc(NC2=NC(=O)C(=Cc3cccc4cccnc34)S2)c1. The summed E-state index contributed by atoms with van der Waals surface area (Å²) in [5.74, 6) is -0.363. The number of nitrogens with one attached hydrogen (secondary N) is 1. The maximum atomic E-state index is 12.4. The van der Waals surface area contributed by atoms with E-state index in [1.165, 1.54) is 18.0 Å². The molecule has 6 nitrogen and oxygen atoms in total. The minimum atomic E-state index is -3.12. The molecule has 146 valence electrons. The third-order valence-electron chi connectivity index (χ3n) is 4.18. The van der Waals surface area contributed by atoms with Gasteiger partial charge in [0, 0.05) is 29.1 Å². The fourth-order valence-corrected chi connectivity index (χ4v) is 4.62. The molecule has 1 aliphatic heterocycles. The maximum absolute atomic E-state index is 12.4. The number of nitrogens with zero attached hydrogens (tertiary/aromatic N) is 2. The summed E-state index contributed by atoms with van der Waals surface area (Å²) < 4.78 is 23.0. The summed E-state index contributed by atoms with van der Waals surface area (Å²) in [6.45, 7) is 0. The monoisotopic (exact) mass is 423 g/mol. The molecule has 1 amide bonds. The number of carbonyl (C=O) groups excluding carboxylic acids is 1. The molecule has 3 aromatic rings. The number of anilines is 1. The lowest BCUT2D eigenvalue weighted by molar-refractivity contribution is -0.113. The molecule has 29 heavy (non-hydrogen) atoms. The van der Waals surface area contributed by atoms with Crippen molar-refractivity contribution in [2.24, 2.45) is 4.99 Å². The van der Waals surface area contributed by atoms with Gasteiger partial charge in [0.25, 0.3) is 5.91 Å². The van der Waals surface area contributed by atoms with Crippen LogP contribution in [0.25, 0.3) is 17.0 Å². The van der Waals surface area contributed by atoms with Crippen molar-refractivity contribution in [2.45, 2.75) is 5.75 Å². The van der Waals surface area contributed by atoms with Gasteiger partial charge >= 0.3 is 0 Å². The first-order valence-electron chi connectivity index (χ1n) is 8.77. The van der Waals surface area contributed by atoms with Crippen molar-refractivity contribution in [3.05, 3.63) is 76.8 Å². The van der Waals surface area contributed by atoms with Gasteiger partial charge in [-0.05, 0) is 41.6 Å². The molecule has 0 bridgehead atoms. The molecule has 0 atom stereocenters. The van der Waals surface area contributed by atoms with Gasteiger partial charge in [-0.25, -0.2) is 8.42 Å². The Morgan fingerprint density at radius 3 is 2.72 bits per heavy atom. The highest BCUT2D eigenvalue weighted by atomic mass is 32.2. The second-order valence-electron chi connectivity index (χ2n) is 6.65. The zero-order valence-corrected chi connectivity index (χ0v) is 17.1. The lowest BCUT2D eigenvalue weighted by Gasteiger charge is -2.07. The van der Waals surface area contributed by atoms with Crippen molar-refractivity contribution in [3.63, 3.8) is 0 Å². The van der Waals surface area contributed by atoms with E-state index in [0.717, 1.165) is 16.5 Å². The number of hydrogen-bond donors (Lipinski definition) is 1. The Morgan fingerprint density at radius 1 is 1.10 bits per heavy atom. The van der Waals surface area contributed by atoms with Gasteiger partial charge in [0.2, 0.25) is 0 Å². The normalized spacial score (nSPS) is 15.7. The average molecular weight is 424 g/mol. The van der Waals surface area contributed by atoms with E-state index in [9.17, 15) is 13.2 Å². The van der Waals surface area contributed by atoms with Gasteiger partial charge in [0.05, 0.1) is 16.2 Å². The van der Waals surface area contributed by atoms with E-state index in [4.69, 9.17) is 0 Å². The highest BCUT2D eigenvalue weighted by Crippen LogP contribution is 2.31. The van der Waals surface area contributed by atoms with Gasteiger partial charge in [-0.15, -0.1) is 0 Å². The van der Waals surface area contributed by atoms with E-state index in [1.807, 2.05) is 30.3 Å². The van der Waals surface area contributed by atoms with Crippen molar-refractivity contribution in [1.29, 1.82) is 0 Å². The molecule has 8 heteroatoms. The van der Waals surface area contributed by atoms with Crippen molar-refractivity contribution in [3.8, 4) is 0 Å². The Balaban J connectivity index is 1.54. The predicted octanol–water partition coefficient (Wildman–Crippen LogP) is 3.86. The zero-order chi connectivity index (χ0) is 20.4. The number of fused-ring (bicyclic) bond motifs is 1. The largest absolute Gasteiger partial charge is 0.334 e. The number of rotatable bonds is 4. The minimum Gasteiger partial charge on any atom is -0.334 e. The fraction of sp³-hybridized carbons (Fsp3) is 0.0952. The first-order chi connectivity index (χ1) is 13.9. The van der Waals surface area contributed by atoms with E-state index >= 15 is 0 Å². The lowest BCUT2D eigenvalue weighted by Crippen LogP contribution is -2.06. The molecule has 0 saturated carbocycles. The number of aliphatic imine (C=N–C) groups is 1. The van der Waals surface area contributed by atoms with Crippen LogP contribution >= 0.6 is 11.8 Å². The number of benzene rings is 2. The van der Waals surface area contributed by atoms with Gasteiger partial charge in [0.1, 0.15) is 0 Å². The second-order valence-corrected chi connectivity index (χ2v) is 9.82. The third-order valence-corrected chi connectivity index (χ3v) is 5.93. The molecule has 2 aromatic carbocycles. The number of carbonyl (C=O) groups is 1. The van der Waals surface area contributed by atoms with Gasteiger partial charge in [-0.1, -0.05) is 36.4 Å². The predicted molar refractivity (Wildman–Crippen MR) is 118 cm³/mol. The first-order valence-corrected chi connectivity index (χ1v) is 11.7. The molecule has 0 saturated heterocycles. The maximum Gasteiger partial charge on any atom is 0.286 e. The molecule has 1 aromatic heterocycles. The van der Waals surface area contributed by atoms with E-state index < -0.39 is 9.84 Å². The number of para-hydroxylation sites is 1. The molecular formula is C21H17N3O3S2. The highest BCUT2D eigenvalue weighted by molar-refractivity contribution is 8.18. The molecule has 0 aliphatic carbocycles. The van der Waals surface area contributed by atoms with Gasteiger partial charge in [0.15, 0.2) is 15.0 Å². The molecule has 0 spiro atoms. The standard InChI is InChI=1S/C21H17N3O3S2/c1-29(26,27)13-14-5-2-9-17(11-14)23-21-24-20(25)18(28-21)12-16-7-3-6-15-8-4-10-22-19(15)16/h2-12H,13H2,1H3,(H,23,24,25). The molecule has 4 rings (SSSR count). The molecule has 0 fully saturated rings. The van der Waals surface area contributed by atoms with Crippen LogP contribution in [0.15, 0.2) is 70.7 Å². The van der Waals surface area contributed by atoms with Gasteiger partial charge < -0.3 is 5.32 Å². The lowest BCUT2D eigenvalue weighted by atomic mass is 10.1. The molecule has 1 N–H and O–H groups in total. The summed E-state index contributed by atoms with van der Waals surface area (Å²) in [6, 6.07) is 16.7. The van der Waals surface area contributed by atoms with Crippen LogP contribution in [0.2, 0.25) is 0 Å². The summed E-state index contributed by atoms with van der Waals surface area (Å²) in [5.41, 5.74) is 3.03. The summed E-state index contributed by atoms with van der Waals surface area (Å²) >= 11 is 1.24. The smallest absolute Gasteiger partial charge is 0.286 e. The topological polar surface area (TPSA) is 88.5 Å². The van der Waals surface area contributed by atoms with Gasteiger partial charge in [-0.2, -0.15) is 4.99 Å². The van der Waals surface area contributed by atoms with Gasteiger partial charge in [-0.3, -0.25) is 9.78 Å². The Morgan fingerprint density at radius 2 is 1.90 bits per heavy atom. The number of amides is 1. The minimum absolute atomic E-state index is 0.0414. The number of amidine groups is 1. The Bertz CT molecular complexity index is 1280. The van der Waals surface area contributed by atoms with Crippen molar-refractivity contribution >= 4 is 55.3 Å². The molecule has 0 unspecified atom stereocenters. The van der Waals surface area contributed by atoms with Crippen LogP contribution in [0, 0.1) is 0 Å². The Kier molecular flexibility index (Phi) is 5.21. The molecule has 2 heterocycles. The Hall–Kier alpha value is -2.97. The first kappa shape index (κ1) is 19.4. The number of hydrogen-bond acceptors (Lipinski definition) is 6. The number of sulfone groups is 1. The van der Waals surface area contributed by atoms with E-state index in [-0.39, 0.29) is 11.7 Å². The van der Waals surface area contributed by atoms with Crippen molar-refractivity contribution in [2.75, 3.05) is 11.6 Å². The second kappa shape index (κ2) is 7.81. The van der Waals surface area contributed by atoms with Crippen LogP contribution in [0.5, 0.6) is 0 Å². The number of pyridine rings is 1. The number of thioether (sulfide) groups is 1. The highest BCUT2D eigenvalue weighted by Gasteiger charge is 2.22. The van der Waals surface area contributed by atoms with Crippen molar-refractivity contribution in [1.82, 2.24) is 4.98 Å². The quantitative estimate of drug-likeness (QED) is 0.641. The van der Waals surface area contributed by atoms with Crippen LogP contribution in [-0.2, 0) is 20.4 Å². The third kappa shape index (κ3) is 4.72.